The normalized spacial score (nSPS) is 11.4. The van der Waals surface area contributed by atoms with Crippen molar-refractivity contribution in [3.8, 4) is 11.5 Å². The zero-order valence-corrected chi connectivity index (χ0v) is 13.5. The smallest absolute Gasteiger partial charge is 0.261 e. The summed E-state index contributed by atoms with van der Waals surface area (Å²) in [5.41, 5.74) is 1.91. The fourth-order valence-electron chi connectivity index (χ4n) is 2.09. The molecule has 1 N–H and O–H groups in total. The third-order valence-electron chi connectivity index (χ3n) is 3.26. The molecular weight excluding hydrogens is 314 g/mol. The molecule has 118 valence electrons. The van der Waals surface area contributed by atoms with Gasteiger partial charge in [0.1, 0.15) is 0 Å². The highest BCUT2D eigenvalue weighted by Gasteiger charge is 2.18. The maximum absolute atomic E-state index is 12.5. The van der Waals surface area contributed by atoms with Gasteiger partial charge in [-0.15, -0.1) is 0 Å². The molecule has 0 amide bonds. The lowest BCUT2D eigenvalue weighted by atomic mass is 10.2. The third-order valence-corrected chi connectivity index (χ3v) is 4.64. The van der Waals surface area contributed by atoms with E-state index in [1.165, 1.54) is 0 Å². The van der Waals surface area contributed by atoms with Crippen LogP contribution >= 0.6 is 0 Å². The van der Waals surface area contributed by atoms with Gasteiger partial charge in [-0.1, -0.05) is 35.0 Å². The number of benzene rings is 2. The maximum atomic E-state index is 12.5. The zero-order chi connectivity index (χ0) is 16.4. The molecule has 0 saturated heterocycles. The fraction of sp³-hybridized carbons (Fsp3) is 0.125. The second-order valence-corrected chi connectivity index (χ2v) is 6.79. The Bertz CT molecular complexity index is 931. The van der Waals surface area contributed by atoms with Gasteiger partial charge in [-0.05, 0) is 38.1 Å². The van der Waals surface area contributed by atoms with Crippen molar-refractivity contribution < 1.29 is 12.9 Å². The minimum absolute atomic E-state index is 0.194. The van der Waals surface area contributed by atoms with Crippen LogP contribution in [0.4, 0.5) is 5.69 Å². The first-order chi connectivity index (χ1) is 11.0. The van der Waals surface area contributed by atoms with E-state index in [0.717, 1.165) is 5.56 Å². The van der Waals surface area contributed by atoms with Crippen LogP contribution in [0.2, 0.25) is 0 Å². The fourth-order valence-corrected chi connectivity index (χ4v) is 3.17. The molecule has 0 aliphatic heterocycles. The second kappa shape index (κ2) is 5.85. The predicted octanol–water partition coefficient (Wildman–Crippen LogP) is 3.15. The summed E-state index contributed by atoms with van der Waals surface area (Å²) in [5.74, 6) is 0.751. The molecule has 0 radical (unpaired) electrons. The Kier molecular flexibility index (Phi) is 3.87. The molecule has 0 atom stereocenters. The van der Waals surface area contributed by atoms with Crippen LogP contribution in [-0.4, -0.2) is 18.6 Å². The monoisotopic (exact) mass is 329 g/mol. The highest BCUT2D eigenvalue weighted by Crippen LogP contribution is 2.28. The standard InChI is InChI=1S/C16H15N3O3S/c1-11-7-9-13(10-8-11)23(20,21)19-15-6-4-3-5-14(15)16-17-12(2)18-22-16/h3-10,19H,1-2H3. The van der Waals surface area contributed by atoms with Gasteiger partial charge in [-0.2, -0.15) is 4.98 Å². The Labute approximate surface area is 134 Å². The van der Waals surface area contributed by atoms with Crippen molar-refractivity contribution in [2.24, 2.45) is 0 Å². The largest absolute Gasteiger partial charge is 0.334 e. The number of aryl methyl sites for hydroxylation is 2. The number of para-hydroxylation sites is 1. The molecule has 3 rings (SSSR count). The summed E-state index contributed by atoms with van der Waals surface area (Å²) in [5, 5.41) is 3.74. The van der Waals surface area contributed by atoms with Crippen LogP contribution in [-0.2, 0) is 10.0 Å². The van der Waals surface area contributed by atoms with E-state index in [9.17, 15) is 8.42 Å². The molecule has 2 aromatic carbocycles. The van der Waals surface area contributed by atoms with Gasteiger partial charge in [0.05, 0.1) is 16.1 Å². The van der Waals surface area contributed by atoms with E-state index in [1.54, 1.807) is 55.5 Å². The van der Waals surface area contributed by atoms with E-state index in [-0.39, 0.29) is 10.8 Å². The van der Waals surface area contributed by atoms with Crippen molar-refractivity contribution in [3.63, 3.8) is 0 Å². The first-order valence-corrected chi connectivity index (χ1v) is 8.43. The molecule has 1 aromatic heterocycles. The van der Waals surface area contributed by atoms with E-state index in [2.05, 4.69) is 14.9 Å². The summed E-state index contributed by atoms with van der Waals surface area (Å²) >= 11 is 0. The van der Waals surface area contributed by atoms with Gasteiger partial charge in [-0.3, -0.25) is 4.72 Å². The Hall–Kier alpha value is -2.67. The van der Waals surface area contributed by atoms with Crippen LogP contribution < -0.4 is 4.72 Å². The number of hydrogen-bond acceptors (Lipinski definition) is 5. The first kappa shape index (κ1) is 15.2. The average Bonchev–Trinajstić information content (AvgIpc) is 2.94. The minimum atomic E-state index is -3.69. The molecular formula is C16H15N3O3S. The van der Waals surface area contributed by atoms with Crippen molar-refractivity contribution in [3.05, 3.63) is 59.9 Å². The molecule has 0 aliphatic rings. The van der Waals surface area contributed by atoms with Crippen LogP contribution in [0.5, 0.6) is 0 Å². The predicted molar refractivity (Wildman–Crippen MR) is 86.5 cm³/mol. The number of aromatic nitrogens is 2. The maximum Gasteiger partial charge on any atom is 0.261 e. The molecule has 0 fully saturated rings. The van der Waals surface area contributed by atoms with Gasteiger partial charge < -0.3 is 4.52 Å². The lowest BCUT2D eigenvalue weighted by Crippen LogP contribution is -2.13. The molecule has 0 aliphatic carbocycles. The Balaban J connectivity index is 1.98. The molecule has 7 heteroatoms. The number of nitrogens with zero attached hydrogens (tertiary/aromatic N) is 2. The molecule has 3 aromatic rings. The lowest BCUT2D eigenvalue weighted by Gasteiger charge is -2.10. The number of nitrogens with one attached hydrogen (secondary N) is 1. The summed E-state index contributed by atoms with van der Waals surface area (Å²) in [4.78, 5) is 4.34. The number of sulfonamides is 1. The van der Waals surface area contributed by atoms with Crippen molar-refractivity contribution in [1.29, 1.82) is 0 Å². The van der Waals surface area contributed by atoms with E-state index >= 15 is 0 Å². The minimum Gasteiger partial charge on any atom is -0.334 e. The highest BCUT2D eigenvalue weighted by atomic mass is 32.2. The van der Waals surface area contributed by atoms with E-state index in [4.69, 9.17) is 4.52 Å². The van der Waals surface area contributed by atoms with Crippen molar-refractivity contribution >= 4 is 15.7 Å². The summed E-state index contributed by atoms with van der Waals surface area (Å²) in [6, 6.07) is 13.5. The molecule has 23 heavy (non-hydrogen) atoms. The van der Waals surface area contributed by atoms with Gasteiger partial charge in [-0.25, -0.2) is 8.42 Å². The Morgan fingerprint density at radius 1 is 1.00 bits per heavy atom. The Morgan fingerprint density at radius 3 is 2.35 bits per heavy atom. The summed E-state index contributed by atoms with van der Waals surface area (Å²) in [7, 11) is -3.69. The zero-order valence-electron chi connectivity index (χ0n) is 12.6. The van der Waals surface area contributed by atoms with E-state index < -0.39 is 10.0 Å². The highest BCUT2D eigenvalue weighted by molar-refractivity contribution is 7.92. The first-order valence-electron chi connectivity index (χ1n) is 6.95. The quantitative estimate of drug-likeness (QED) is 0.794. The SMILES string of the molecule is Cc1ccc(S(=O)(=O)Nc2ccccc2-c2nc(C)no2)cc1. The van der Waals surface area contributed by atoms with Gasteiger partial charge in [0.25, 0.3) is 15.9 Å². The van der Waals surface area contributed by atoms with Crippen LogP contribution in [0.15, 0.2) is 57.9 Å². The van der Waals surface area contributed by atoms with Crippen LogP contribution in [0.1, 0.15) is 11.4 Å². The molecule has 1 heterocycles. The van der Waals surface area contributed by atoms with Gasteiger partial charge in [0.15, 0.2) is 5.82 Å². The van der Waals surface area contributed by atoms with E-state index in [1.807, 2.05) is 6.92 Å². The molecule has 0 spiro atoms. The van der Waals surface area contributed by atoms with Gasteiger partial charge in [0.2, 0.25) is 0 Å². The lowest BCUT2D eigenvalue weighted by molar-refractivity contribution is 0.426. The van der Waals surface area contributed by atoms with Crippen LogP contribution in [0.3, 0.4) is 0 Å². The van der Waals surface area contributed by atoms with Crippen molar-refractivity contribution in [1.82, 2.24) is 10.1 Å². The van der Waals surface area contributed by atoms with Crippen LogP contribution in [0.25, 0.3) is 11.5 Å². The van der Waals surface area contributed by atoms with Crippen LogP contribution in [0, 0.1) is 13.8 Å². The second-order valence-electron chi connectivity index (χ2n) is 5.11. The summed E-state index contributed by atoms with van der Waals surface area (Å²) in [6.45, 7) is 3.60. The number of anilines is 1. The average molecular weight is 329 g/mol. The number of hydrogen-bond donors (Lipinski definition) is 1. The number of rotatable bonds is 4. The summed E-state index contributed by atoms with van der Waals surface area (Å²) < 4.78 is 32.8. The van der Waals surface area contributed by atoms with Gasteiger partial charge in [0, 0.05) is 0 Å². The van der Waals surface area contributed by atoms with Crippen molar-refractivity contribution in [2.75, 3.05) is 4.72 Å². The Morgan fingerprint density at radius 2 is 1.70 bits per heavy atom. The molecule has 0 unspecified atom stereocenters. The van der Waals surface area contributed by atoms with Gasteiger partial charge >= 0.3 is 0 Å². The topological polar surface area (TPSA) is 85.1 Å². The van der Waals surface area contributed by atoms with Crippen molar-refractivity contribution in [2.45, 2.75) is 18.7 Å². The molecule has 0 bridgehead atoms. The summed E-state index contributed by atoms with van der Waals surface area (Å²) in [6.07, 6.45) is 0. The molecule has 6 nitrogen and oxygen atoms in total. The molecule has 0 saturated carbocycles. The third kappa shape index (κ3) is 3.24. The van der Waals surface area contributed by atoms with E-state index in [0.29, 0.717) is 17.1 Å².